The van der Waals surface area contributed by atoms with Gasteiger partial charge in [-0.1, -0.05) is 23.8 Å². The number of ether oxygens (including phenoxy) is 2. The largest absolute Gasteiger partial charge is 0.496 e. The standard InChI is InChI=1S/C12H16ClNO2/c1-15-8-9-6-10(13)7-12(16-2)11(9)4-3-5-14/h3-4,6-7H,5,8,14H2,1-2H3/b4-3+. The zero-order valence-corrected chi connectivity index (χ0v) is 10.3. The van der Waals surface area contributed by atoms with Gasteiger partial charge >= 0.3 is 0 Å². The highest BCUT2D eigenvalue weighted by atomic mass is 35.5. The fourth-order valence-electron chi connectivity index (χ4n) is 1.47. The van der Waals surface area contributed by atoms with Gasteiger partial charge in [-0.15, -0.1) is 0 Å². The normalized spacial score (nSPS) is 11.0. The lowest BCUT2D eigenvalue weighted by Crippen LogP contribution is -1.97. The third-order valence-electron chi connectivity index (χ3n) is 2.13. The Labute approximate surface area is 101 Å². The summed E-state index contributed by atoms with van der Waals surface area (Å²) in [7, 11) is 3.26. The summed E-state index contributed by atoms with van der Waals surface area (Å²) in [5, 5.41) is 0.633. The topological polar surface area (TPSA) is 44.5 Å². The maximum Gasteiger partial charge on any atom is 0.127 e. The van der Waals surface area contributed by atoms with Crippen LogP contribution in [0.5, 0.6) is 5.75 Å². The Morgan fingerprint density at radius 2 is 2.12 bits per heavy atom. The van der Waals surface area contributed by atoms with E-state index in [9.17, 15) is 0 Å². The van der Waals surface area contributed by atoms with Gasteiger partial charge in [-0.3, -0.25) is 0 Å². The van der Waals surface area contributed by atoms with E-state index in [1.165, 1.54) is 0 Å². The molecule has 0 aliphatic carbocycles. The Bertz CT molecular complexity index is 378. The molecule has 3 nitrogen and oxygen atoms in total. The van der Waals surface area contributed by atoms with Crippen LogP contribution in [-0.2, 0) is 11.3 Å². The Kier molecular flexibility index (Phi) is 5.32. The van der Waals surface area contributed by atoms with Crippen LogP contribution in [-0.4, -0.2) is 20.8 Å². The maximum absolute atomic E-state index is 5.99. The fraction of sp³-hybridized carbons (Fsp3) is 0.333. The first kappa shape index (κ1) is 13.0. The van der Waals surface area contributed by atoms with Gasteiger partial charge in [0, 0.05) is 24.2 Å². The smallest absolute Gasteiger partial charge is 0.127 e. The molecule has 0 amide bonds. The van der Waals surface area contributed by atoms with Gasteiger partial charge in [0.1, 0.15) is 5.75 Å². The van der Waals surface area contributed by atoms with E-state index in [1.807, 2.05) is 18.2 Å². The van der Waals surface area contributed by atoms with Crippen LogP contribution in [0.4, 0.5) is 0 Å². The Morgan fingerprint density at radius 3 is 2.69 bits per heavy atom. The van der Waals surface area contributed by atoms with Crippen molar-refractivity contribution < 1.29 is 9.47 Å². The van der Waals surface area contributed by atoms with E-state index in [-0.39, 0.29) is 0 Å². The Balaban J connectivity index is 3.21. The summed E-state index contributed by atoms with van der Waals surface area (Å²) >= 11 is 5.99. The molecule has 0 spiro atoms. The molecule has 0 aliphatic rings. The predicted octanol–water partition coefficient (Wildman–Crippen LogP) is 2.47. The minimum Gasteiger partial charge on any atom is -0.496 e. The quantitative estimate of drug-likeness (QED) is 0.861. The van der Waals surface area contributed by atoms with Gasteiger partial charge in [-0.25, -0.2) is 0 Å². The molecule has 0 bridgehead atoms. The zero-order valence-electron chi connectivity index (χ0n) is 9.50. The molecular formula is C12H16ClNO2. The molecule has 1 aromatic carbocycles. The average Bonchev–Trinajstić information content (AvgIpc) is 2.27. The number of nitrogens with two attached hydrogens (primary N) is 1. The molecule has 1 rings (SSSR count). The van der Waals surface area contributed by atoms with Crippen molar-refractivity contribution in [3.63, 3.8) is 0 Å². The van der Waals surface area contributed by atoms with Crippen molar-refractivity contribution in [2.75, 3.05) is 20.8 Å². The minimum atomic E-state index is 0.484. The van der Waals surface area contributed by atoms with E-state index in [0.29, 0.717) is 18.2 Å². The monoisotopic (exact) mass is 241 g/mol. The van der Waals surface area contributed by atoms with Crippen LogP contribution >= 0.6 is 11.6 Å². The molecule has 0 radical (unpaired) electrons. The van der Waals surface area contributed by atoms with Crippen molar-refractivity contribution in [1.29, 1.82) is 0 Å². The molecule has 2 N–H and O–H groups in total. The van der Waals surface area contributed by atoms with Gasteiger partial charge in [-0.2, -0.15) is 0 Å². The highest BCUT2D eigenvalue weighted by molar-refractivity contribution is 6.30. The van der Waals surface area contributed by atoms with Crippen molar-refractivity contribution in [2.24, 2.45) is 5.73 Å². The van der Waals surface area contributed by atoms with E-state index < -0.39 is 0 Å². The summed E-state index contributed by atoms with van der Waals surface area (Å²) in [4.78, 5) is 0. The molecule has 0 atom stereocenters. The molecule has 0 saturated heterocycles. The highest BCUT2D eigenvalue weighted by Gasteiger charge is 2.08. The molecule has 0 heterocycles. The van der Waals surface area contributed by atoms with Crippen LogP contribution in [0.15, 0.2) is 18.2 Å². The zero-order chi connectivity index (χ0) is 12.0. The van der Waals surface area contributed by atoms with Crippen molar-refractivity contribution in [3.05, 3.63) is 34.4 Å². The molecule has 0 saturated carbocycles. The van der Waals surface area contributed by atoms with Crippen molar-refractivity contribution in [2.45, 2.75) is 6.61 Å². The summed E-state index contributed by atoms with van der Waals surface area (Å²) < 4.78 is 10.4. The lowest BCUT2D eigenvalue weighted by Gasteiger charge is -2.11. The van der Waals surface area contributed by atoms with Gasteiger partial charge in [0.2, 0.25) is 0 Å². The van der Waals surface area contributed by atoms with Crippen LogP contribution in [0.2, 0.25) is 5.02 Å². The highest BCUT2D eigenvalue weighted by Crippen LogP contribution is 2.29. The number of rotatable bonds is 5. The third-order valence-corrected chi connectivity index (χ3v) is 2.35. The van der Waals surface area contributed by atoms with Gasteiger partial charge in [0.25, 0.3) is 0 Å². The molecule has 16 heavy (non-hydrogen) atoms. The SMILES string of the molecule is COCc1cc(Cl)cc(OC)c1/C=C/CN. The van der Waals surface area contributed by atoms with Crippen LogP contribution in [0, 0.1) is 0 Å². The van der Waals surface area contributed by atoms with E-state index in [0.717, 1.165) is 16.9 Å². The third kappa shape index (κ3) is 3.23. The summed E-state index contributed by atoms with van der Waals surface area (Å²) in [6, 6.07) is 3.64. The molecular weight excluding hydrogens is 226 g/mol. The van der Waals surface area contributed by atoms with E-state index in [4.69, 9.17) is 26.8 Å². The Morgan fingerprint density at radius 1 is 1.38 bits per heavy atom. The van der Waals surface area contributed by atoms with Crippen molar-refractivity contribution >= 4 is 17.7 Å². The second kappa shape index (κ2) is 6.53. The van der Waals surface area contributed by atoms with Crippen LogP contribution < -0.4 is 10.5 Å². The molecule has 0 unspecified atom stereocenters. The fourth-order valence-corrected chi connectivity index (χ4v) is 1.70. The van der Waals surface area contributed by atoms with Crippen molar-refractivity contribution in [1.82, 2.24) is 0 Å². The number of methoxy groups -OCH3 is 2. The summed E-state index contributed by atoms with van der Waals surface area (Å²) in [5.41, 5.74) is 7.38. The Hall–Kier alpha value is -1.03. The molecule has 0 fully saturated rings. The van der Waals surface area contributed by atoms with Crippen LogP contribution in [0.3, 0.4) is 0 Å². The number of hydrogen-bond donors (Lipinski definition) is 1. The lowest BCUT2D eigenvalue weighted by molar-refractivity contribution is 0.184. The van der Waals surface area contributed by atoms with Crippen LogP contribution in [0.1, 0.15) is 11.1 Å². The van der Waals surface area contributed by atoms with Gasteiger partial charge in [0.15, 0.2) is 0 Å². The minimum absolute atomic E-state index is 0.484. The molecule has 1 aromatic rings. The first-order valence-corrected chi connectivity index (χ1v) is 5.32. The van der Waals surface area contributed by atoms with E-state index in [1.54, 1.807) is 20.3 Å². The first-order valence-electron chi connectivity index (χ1n) is 4.95. The summed E-state index contributed by atoms with van der Waals surface area (Å²) in [6.07, 6.45) is 3.79. The first-order chi connectivity index (χ1) is 7.72. The predicted molar refractivity (Wildman–Crippen MR) is 66.8 cm³/mol. The molecule has 88 valence electrons. The second-order valence-electron chi connectivity index (χ2n) is 3.25. The maximum atomic E-state index is 5.99. The molecule has 0 aliphatic heterocycles. The number of hydrogen-bond acceptors (Lipinski definition) is 3. The van der Waals surface area contributed by atoms with E-state index >= 15 is 0 Å². The number of halogens is 1. The average molecular weight is 242 g/mol. The van der Waals surface area contributed by atoms with Gasteiger partial charge in [-0.05, 0) is 17.7 Å². The van der Waals surface area contributed by atoms with Gasteiger partial charge in [0.05, 0.1) is 13.7 Å². The lowest BCUT2D eigenvalue weighted by atomic mass is 10.1. The second-order valence-corrected chi connectivity index (χ2v) is 3.69. The van der Waals surface area contributed by atoms with Crippen molar-refractivity contribution in [3.8, 4) is 5.75 Å². The number of benzene rings is 1. The van der Waals surface area contributed by atoms with Gasteiger partial charge < -0.3 is 15.2 Å². The molecule has 0 aromatic heterocycles. The summed E-state index contributed by atoms with van der Waals surface area (Å²) in [5.74, 6) is 0.726. The van der Waals surface area contributed by atoms with Crippen LogP contribution in [0.25, 0.3) is 6.08 Å². The van der Waals surface area contributed by atoms with E-state index in [2.05, 4.69) is 0 Å². The summed E-state index contributed by atoms with van der Waals surface area (Å²) in [6.45, 7) is 0.972. The molecule has 4 heteroatoms.